The van der Waals surface area contributed by atoms with E-state index in [-0.39, 0.29) is 12.3 Å². The lowest BCUT2D eigenvalue weighted by atomic mass is 10.0. The molecular weight excluding hydrogens is 522 g/mol. The molecule has 216 valence electrons. The maximum atomic E-state index is 13.2. The highest BCUT2D eigenvalue weighted by Gasteiger charge is 2.19. The van der Waals surface area contributed by atoms with Crippen LogP contribution in [-0.2, 0) is 17.8 Å². The first-order valence-corrected chi connectivity index (χ1v) is 14.3. The Hall–Kier alpha value is -4.85. The number of aromatic amines is 1. The van der Waals surface area contributed by atoms with Gasteiger partial charge in [-0.15, -0.1) is 10.2 Å². The number of H-pyrrole nitrogens is 1. The molecule has 0 atom stereocenters. The zero-order valence-corrected chi connectivity index (χ0v) is 24.8. The van der Waals surface area contributed by atoms with Gasteiger partial charge in [0.1, 0.15) is 5.82 Å². The fourth-order valence-electron chi connectivity index (χ4n) is 4.52. The minimum Gasteiger partial charge on any atom is -0.352 e. The number of carbonyl (C=O) groups excluding carboxylic acids is 1. The highest BCUT2D eigenvalue weighted by atomic mass is 16.1. The smallest absolute Gasteiger partial charge is 0.228 e. The summed E-state index contributed by atoms with van der Waals surface area (Å²) >= 11 is 0. The second-order valence-corrected chi connectivity index (χ2v) is 10.7. The number of aromatic nitrogens is 5. The molecule has 0 aliphatic carbocycles. The summed E-state index contributed by atoms with van der Waals surface area (Å²) in [6, 6.07) is 22.1. The molecular formula is C34H39N7O. The van der Waals surface area contributed by atoms with Crippen molar-refractivity contribution in [3.8, 4) is 0 Å². The summed E-state index contributed by atoms with van der Waals surface area (Å²) in [5.41, 5.74) is 5.90. The third kappa shape index (κ3) is 8.57. The first-order valence-electron chi connectivity index (χ1n) is 14.3. The van der Waals surface area contributed by atoms with E-state index in [1.54, 1.807) is 0 Å². The number of nitrogens with zero attached hydrogens (tertiary/aromatic N) is 5. The van der Waals surface area contributed by atoms with Gasteiger partial charge in [-0.1, -0.05) is 106 Å². The van der Waals surface area contributed by atoms with Crippen LogP contribution in [0.3, 0.4) is 0 Å². The Morgan fingerprint density at radius 3 is 2.50 bits per heavy atom. The number of tetrazole rings is 1. The van der Waals surface area contributed by atoms with Crippen molar-refractivity contribution >= 4 is 28.6 Å². The molecule has 8 heteroatoms. The second kappa shape index (κ2) is 14.7. The summed E-state index contributed by atoms with van der Waals surface area (Å²) in [5.74, 6) is 1.41. The van der Waals surface area contributed by atoms with Gasteiger partial charge in [0.2, 0.25) is 11.7 Å². The predicted molar refractivity (Wildman–Crippen MR) is 171 cm³/mol. The summed E-state index contributed by atoms with van der Waals surface area (Å²) in [5, 5.41) is 17.6. The first-order chi connectivity index (χ1) is 20.3. The van der Waals surface area contributed by atoms with E-state index in [1.165, 1.54) is 5.56 Å². The lowest BCUT2D eigenvalue weighted by Crippen LogP contribution is -2.28. The quantitative estimate of drug-likeness (QED) is 0.174. The molecule has 0 aliphatic heterocycles. The monoisotopic (exact) mass is 561 g/mol. The normalized spacial score (nSPS) is 11.7. The minimum absolute atomic E-state index is 0.103. The van der Waals surface area contributed by atoms with E-state index in [9.17, 15) is 4.79 Å². The van der Waals surface area contributed by atoms with Crippen LogP contribution in [0.15, 0.2) is 91.5 Å². The number of anilines is 2. The summed E-state index contributed by atoms with van der Waals surface area (Å²) < 4.78 is 0. The highest BCUT2D eigenvalue weighted by Crippen LogP contribution is 2.31. The maximum absolute atomic E-state index is 13.2. The summed E-state index contributed by atoms with van der Waals surface area (Å²) in [7, 11) is 0. The van der Waals surface area contributed by atoms with Gasteiger partial charge in [-0.3, -0.25) is 4.79 Å². The van der Waals surface area contributed by atoms with Crippen molar-refractivity contribution < 1.29 is 4.79 Å². The average Bonchev–Trinajstić information content (AvgIpc) is 3.51. The van der Waals surface area contributed by atoms with Crippen molar-refractivity contribution in [3.63, 3.8) is 0 Å². The Bertz CT molecular complexity index is 1520. The number of amides is 1. The van der Waals surface area contributed by atoms with Crippen LogP contribution in [0.5, 0.6) is 0 Å². The van der Waals surface area contributed by atoms with Crippen molar-refractivity contribution in [1.82, 2.24) is 25.6 Å². The minimum atomic E-state index is -0.103. The van der Waals surface area contributed by atoms with Crippen molar-refractivity contribution in [2.75, 3.05) is 16.8 Å². The van der Waals surface area contributed by atoms with Crippen LogP contribution in [0.1, 0.15) is 55.4 Å². The molecule has 0 fully saturated rings. The number of hydrogen-bond donors (Lipinski definition) is 2. The van der Waals surface area contributed by atoms with Crippen molar-refractivity contribution in [2.45, 2.75) is 47.1 Å². The number of carbonyl (C=O) groups is 1. The van der Waals surface area contributed by atoms with Gasteiger partial charge < -0.3 is 10.2 Å². The van der Waals surface area contributed by atoms with Crippen molar-refractivity contribution in [3.05, 3.63) is 120 Å². The number of hydrogen-bond acceptors (Lipinski definition) is 6. The Balaban J connectivity index is 1.78. The van der Waals surface area contributed by atoms with E-state index >= 15 is 0 Å². The lowest BCUT2D eigenvalue weighted by Gasteiger charge is -2.27. The molecule has 0 saturated heterocycles. The third-order valence-electron chi connectivity index (χ3n) is 6.56. The van der Waals surface area contributed by atoms with Crippen LogP contribution < -0.4 is 10.2 Å². The maximum Gasteiger partial charge on any atom is 0.228 e. The Morgan fingerprint density at radius 2 is 1.83 bits per heavy atom. The van der Waals surface area contributed by atoms with Gasteiger partial charge in [-0.2, -0.15) is 5.21 Å². The summed E-state index contributed by atoms with van der Waals surface area (Å²) in [4.78, 5) is 20.6. The van der Waals surface area contributed by atoms with Crippen LogP contribution in [0, 0.1) is 12.8 Å². The van der Waals surface area contributed by atoms with Crippen molar-refractivity contribution in [1.29, 1.82) is 0 Å². The molecule has 2 aromatic heterocycles. The van der Waals surface area contributed by atoms with E-state index in [0.29, 0.717) is 35.2 Å². The summed E-state index contributed by atoms with van der Waals surface area (Å²) in [6.45, 7) is 14.2. The van der Waals surface area contributed by atoms with E-state index in [4.69, 9.17) is 4.98 Å². The summed E-state index contributed by atoms with van der Waals surface area (Å²) in [6.07, 6.45) is 7.13. The molecule has 0 saturated carbocycles. The Morgan fingerprint density at radius 1 is 1.07 bits per heavy atom. The van der Waals surface area contributed by atoms with E-state index in [2.05, 4.69) is 76.4 Å². The number of aryl methyl sites for hydroxylation is 1. The van der Waals surface area contributed by atoms with Gasteiger partial charge in [-0.25, -0.2) is 4.98 Å². The standard InChI is InChI=1S/C34H39N7O/c1-6-7-9-14-30(26(5)34-37-39-40-38-34)31-20-29(35-33(42)19-27-17-15-25(4)16-18-27)21-32(36-31)41(22-24(2)3)23-28-12-10-8-11-13-28/h7-18,20-21,24H,5-6,19,22-23H2,1-4H3,(H,35,36,42)(H,37,38,39,40)/b9-7-,30-14+. The molecule has 4 aromatic rings. The van der Waals surface area contributed by atoms with Gasteiger partial charge >= 0.3 is 0 Å². The highest BCUT2D eigenvalue weighted by molar-refractivity contribution is 6.03. The van der Waals surface area contributed by atoms with Gasteiger partial charge in [0, 0.05) is 36.0 Å². The molecule has 0 aliphatic rings. The van der Waals surface area contributed by atoms with Crippen LogP contribution in [0.25, 0.3) is 11.1 Å². The molecule has 8 nitrogen and oxygen atoms in total. The number of benzene rings is 2. The molecule has 4 rings (SSSR count). The molecule has 0 radical (unpaired) electrons. The zero-order chi connectivity index (χ0) is 29.9. The lowest BCUT2D eigenvalue weighted by molar-refractivity contribution is -0.115. The number of allylic oxidation sites excluding steroid dienone is 5. The molecule has 0 bridgehead atoms. The van der Waals surface area contributed by atoms with Crippen molar-refractivity contribution in [2.24, 2.45) is 5.92 Å². The van der Waals surface area contributed by atoms with E-state index in [1.807, 2.05) is 73.7 Å². The van der Waals surface area contributed by atoms with Gasteiger partial charge in [0.05, 0.1) is 12.1 Å². The van der Waals surface area contributed by atoms with Crippen LogP contribution >= 0.6 is 0 Å². The molecule has 2 heterocycles. The zero-order valence-electron chi connectivity index (χ0n) is 24.8. The molecule has 1 amide bonds. The molecule has 2 N–H and O–H groups in total. The topological polar surface area (TPSA) is 99.7 Å². The van der Waals surface area contributed by atoms with Crippen LogP contribution in [-0.4, -0.2) is 38.1 Å². The Kier molecular flexibility index (Phi) is 10.5. The fraction of sp³-hybridized carbons (Fsp3) is 0.265. The largest absolute Gasteiger partial charge is 0.352 e. The second-order valence-electron chi connectivity index (χ2n) is 10.7. The molecule has 2 aromatic carbocycles. The number of nitrogens with one attached hydrogen (secondary N) is 2. The van der Waals surface area contributed by atoms with Gasteiger partial charge in [0.15, 0.2) is 0 Å². The molecule has 42 heavy (non-hydrogen) atoms. The molecule has 0 unspecified atom stereocenters. The number of rotatable bonds is 13. The third-order valence-corrected chi connectivity index (χ3v) is 6.56. The van der Waals surface area contributed by atoms with Crippen LogP contribution in [0.4, 0.5) is 11.5 Å². The predicted octanol–water partition coefficient (Wildman–Crippen LogP) is 6.81. The van der Waals surface area contributed by atoms with Gasteiger partial charge in [-0.05, 0) is 41.7 Å². The fourth-order valence-corrected chi connectivity index (χ4v) is 4.52. The Labute approximate surface area is 248 Å². The number of pyridine rings is 1. The molecule has 0 spiro atoms. The SMILES string of the molecule is C=C(/C(=C\C=C/CC)c1cc(NC(=O)Cc2ccc(C)cc2)cc(N(Cc2ccccc2)CC(C)C)n1)c1nn[nH]n1. The van der Waals surface area contributed by atoms with E-state index in [0.717, 1.165) is 35.5 Å². The first kappa shape index (κ1) is 30.1. The van der Waals surface area contributed by atoms with Crippen LogP contribution in [0.2, 0.25) is 0 Å². The van der Waals surface area contributed by atoms with Gasteiger partial charge in [0.25, 0.3) is 0 Å². The van der Waals surface area contributed by atoms with E-state index < -0.39 is 0 Å². The average molecular weight is 562 g/mol.